The lowest BCUT2D eigenvalue weighted by Crippen LogP contribution is -2.28. The molecule has 7 heteroatoms. The Morgan fingerprint density at radius 2 is 1.89 bits per heavy atom. The largest absolute Gasteiger partial charge is 0.416 e. The van der Waals surface area contributed by atoms with E-state index >= 15 is 0 Å². The Labute approximate surface area is 158 Å². The van der Waals surface area contributed by atoms with Gasteiger partial charge in [0.15, 0.2) is 0 Å². The second-order valence-electron chi connectivity index (χ2n) is 6.10. The van der Waals surface area contributed by atoms with Crippen molar-refractivity contribution in [1.82, 2.24) is 10.3 Å². The monoisotopic (exact) mass is 390 g/mol. The Kier molecular flexibility index (Phi) is 5.60. The third-order valence-corrected chi connectivity index (χ3v) is 4.95. The Hall–Kier alpha value is -2.67. The maximum atomic E-state index is 12.8. The van der Waals surface area contributed by atoms with Crippen molar-refractivity contribution in [3.05, 3.63) is 76.8 Å². The maximum Gasteiger partial charge on any atom is 0.416 e. The average molecular weight is 390 g/mol. The number of aromatic nitrogens is 1. The van der Waals surface area contributed by atoms with Crippen LogP contribution >= 0.6 is 11.3 Å². The number of nitrogens with one attached hydrogen (secondary N) is 1. The number of alkyl halides is 3. The van der Waals surface area contributed by atoms with Gasteiger partial charge in [-0.05, 0) is 24.6 Å². The van der Waals surface area contributed by atoms with E-state index < -0.39 is 17.8 Å². The molecule has 0 bridgehead atoms. The molecular weight excluding hydrogens is 373 g/mol. The number of amides is 1. The lowest BCUT2D eigenvalue weighted by molar-refractivity contribution is -0.137. The quantitative estimate of drug-likeness (QED) is 0.647. The topological polar surface area (TPSA) is 42.0 Å². The lowest BCUT2D eigenvalue weighted by Gasteiger charge is -2.16. The first-order valence-corrected chi connectivity index (χ1v) is 9.17. The molecule has 1 heterocycles. The van der Waals surface area contributed by atoms with Gasteiger partial charge in [0.2, 0.25) is 5.91 Å². The van der Waals surface area contributed by atoms with E-state index in [2.05, 4.69) is 10.3 Å². The Morgan fingerprint density at radius 3 is 2.59 bits per heavy atom. The van der Waals surface area contributed by atoms with Crippen LogP contribution in [0.3, 0.4) is 0 Å². The first-order chi connectivity index (χ1) is 12.8. The zero-order valence-electron chi connectivity index (χ0n) is 14.5. The number of rotatable bonds is 5. The normalized spacial score (nSPS) is 12.6. The second kappa shape index (κ2) is 7.92. The molecule has 3 rings (SSSR count). The van der Waals surface area contributed by atoms with Crippen LogP contribution < -0.4 is 5.32 Å². The number of thiazole rings is 1. The van der Waals surface area contributed by atoms with Gasteiger partial charge in [0.25, 0.3) is 0 Å². The van der Waals surface area contributed by atoms with Gasteiger partial charge in [-0.1, -0.05) is 42.5 Å². The summed E-state index contributed by atoms with van der Waals surface area (Å²) >= 11 is 1.45. The van der Waals surface area contributed by atoms with Gasteiger partial charge >= 0.3 is 6.18 Å². The van der Waals surface area contributed by atoms with E-state index in [1.807, 2.05) is 35.7 Å². The molecule has 0 saturated carbocycles. The van der Waals surface area contributed by atoms with Crippen LogP contribution in [0.5, 0.6) is 0 Å². The predicted molar refractivity (Wildman–Crippen MR) is 99.3 cm³/mol. The highest BCUT2D eigenvalue weighted by Crippen LogP contribution is 2.30. The lowest BCUT2D eigenvalue weighted by atomic mass is 10.0. The molecular formula is C20H17F3N2OS. The van der Waals surface area contributed by atoms with Gasteiger partial charge in [0.05, 0.1) is 23.7 Å². The Balaban J connectivity index is 1.64. The Morgan fingerprint density at radius 1 is 1.15 bits per heavy atom. The van der Waals surface area contributed by atoms with Crippen molar-refractivity contribution in [2.75, 3.05) is 0 Å². The van der Waals surface area contributed by atoms with E-state index in [0.29, 0.717) is 11.3 Å². The molecule has 1 unspecified atom stereocenters. The summed E-state index contributed by atoms with van der Waals surface area (Å²) in [5.41, 5.74) is 1.29. The molecule has 0 aliphatic heterocycles. The van der Waals surface area contributed by atoms with Crippen molar-refractivity contribution < 1.29 is 18.0 Å². The molecule has 0 radical (unpaired) electrons. The highest BCUT2D eigenvalue weighted by molar-refractivity contribution is 7.13. The highest BCUT2D eigenvalue weighted by atomic mass is 32.1. The molecule has 0 spiro atoms. The zero-order chi connectivity index (χ0) is 19.4. The first-order valence-electron chi connectivity index (χ1n) is 8.29. The minimum absolute atomic E-state index is 0.0760. The summed E-state index contributed by atoms with van der Waals surface area (Å²) in [5, 5.41) is 5.37. The molecule has 0 saturated heterocycles. The molecule has 0 aliphatic carbocycles. The molecule has 3 nitrogen and oxygen atoms in total. The van der Waals surface area contributed by atoms with Gasteiger partial charge in [-0.2, -0.15) is 13.2 Å². The minimum atomic E-state index is -4.41. The second-order valence-corrected chi connectivity index (χ2v) is 6.96. The van der Waals surface area contributed by atoms with Crippen LogP contribution in [0.2, 0.25) is 0 Å². The number of nitrogens with zero attached hydrogens (tertiary/aromatic N) is 1. The van der Waals surface area contributed by atoms with Gasteiger partial charge in [-0.25, -0.2) is 4.98 Å². The van der Waals surface area contributed by atoms with Gasteiger partial charge < -0.3 is 5.32 Å². The summed E-state index contributed by atoms with van der Waals surface area (Å²) in [7, 11) is 0. The summed E-state index contributed by atoms with van der Waals surface area (Å²) in [6.07, 6.45) is -4.33. The number of benzene rings is 2. The SMILES string of the molecule is CC(NC(=O)Cc1csc(-c2ccccc2)n1)c1cccc(C(F)(F)F)c1. The summed E-state index contributed by atoms with van der Waals surface area (Å²) < 4.78 is 38.5. The fourth-order valence-corrected chi connectivity index (χ4v) is 3.45. The average Bonchev–Trinajstić information content (AvgIpc) is 3.10. The molecule has 140 valence electrons. The molecule has 1 amide bonds. The maximum absolute atomic E-state index is 12.8. The number of carbonyl (C=O) groups is 1. The van der Waals surface area contributed by atoms with Gasteiger partial charge in [0, 0.05) is 10.9 Å². The van der Waals surface area contributed by atoms with Crippen molar-refractivity contribution in [3.63, 3.8) is 0 Å². The summed E-state index contributed by atoms with van der Waals surface area (Å²) in [6.45, 7) is 1.66. The number of hydrogen-bond donors (Lipinski definition) is 1. The fraction of sp³-hybridized carbons (Fsp3) is 0.200. The standard InChI is InChI=1S/C20H17F3N2OS/c1-13(15-8-5-9-16(10-15)20(21,22)23)24-18(26)11-17-12-27-19(25-17)14-6-3-2-4-7-14/h2-10,12-13H,11H2,1H3,(H,24,26). The van der Waals surface area contributed by atoms with Crippen molar-refractivity contribution >= 4 is 17.2 Å². The first kappa shape index (κ1) is 19.1. The van der Waals surface area contributed by atoms with Crippen LogP contribution in [-0.2, 0) is 17.4 Å². The Bertz CT molecular complexity index is 922. The summed E-state index contributed by atoms with van der Waals surface area (Å²) in [4.78, 5) is 16.7. The van der Waals surface area contributed by atoms with Gasteiger partial charge in [-0.3, -0.25) is 4.79 Å². The number of halogens is 3. The number of hydrogen-bond acceptors (Lipinski definition) is 3. The van der Waals surface area contributed by atoms with E-state index in [9.17, 15) is 18.0 Å². The van der Waals surface area contributed by atoms with Crippen LogP contribution in [-0.4, -0.2) is 10.9 Å². The molecule has 2 aromatic carbocycles. The minimum Gasteiger partial charge on any atom is -0.349 e. The smallest absolute Gasteiger partial charge is 0.349 e. The summed E-state index contributed by atoms with van der Waals surface area (Å²) in [6, 6.07) is 14.1. The summed E-state index contributed by atoms with van der Waals surface area (Å²) in [5.74, 6) is -0.287. The van der Waals surface area contributed by atoms with Crippen LogP contribution in [0.15, 0.2) is 60.0 Å². The molecule has 0 fully saturated rings. The van der Waals surface area contributed by atoms with Crippen LogP contribution in [0.25, 0.3) is 10.6 Å². The van der Waals surface area contributed by atoms with Crippen LogP contribution in [0.4, 0.5) is 13.2 Å². The van der Waals surface area contributed by atoms with Gasteiger partial charge in [-0.15, -0.1) is 11.3 Å². The van der Waals surface area contributed by atoms with E-state index in [4.69, 9.17) is 0 Å². The molecule has 0 aliphatic rings. The van der Waals surface area contributed by atoms with E-state index in [1.54, 1.807) is 13.0 Å². The highest BCUT2D eigenvalue weighted by Gasteiger charge is 2.30. The molecule has 1 atom stereocenters. The van der Waals surface area contributed by atoms with Crippen LogP contribution in [0.1, 0.15) is 29.8 Å². The van der Waals surface area contributed by atoms with Crippen molar-refractivity contribution in [2.45, 2.75) is 25.6 Å². The van der Waals surface area contributed by atoms with Crippen molar-refractivity contribution in [1.29, 1.82) is 0 Å². The fourth-order valence-electron chi connectivity index (χ4n) is 2.63. The van der Waals surface area contributed by atoms with Crippen LogP contribution in [0, 0.1) is 0 Å². The molecule has 27 heavy (non-hydrogen) atoms. The molecule has 1 aromatic heterocycles. The molecule has 3 aromatic rings. The van der Waals surface area contributed by atoms with Gasteiger partial charge in [0.1, 0.15) is 5.01 Å². The van der Waals surface area contributed by atoms with E-state index in [1.165, 1.54) is 17.4 Å². The van der Waals surface area contributed by atoms with E-state index in [0.717, 1.165) is 22.7 Å². The van der Waals surface area contributed by atoms with Crippen molar-refractivity contribution in [3.8, 4) is 10.6 Å². The predicted octanol–water partition coefficient (Wildman–Crippen LogP) is 5.25. The van der Waals surface area contributed by atoms with E-state index in [-0.39, 0.29) is 12.3 Å². The van der Waals surface area contributed by atoms with Crippen molar-refractivity contribution in [2.24, 2.45) is 0 Å². The third-order valence-electron chi connectivity index (χ3n) is 4.01. The molecule has 1 N–H and O–H groups in total. The third kappa shape index (κ3) is 4.95. The zero-order valence-corrected chi connectivity index (χ0v) is 15.3. The number of carbonyl (C=O) groups excluding carboxylic acids is 1.